The minimum atomic E-state index is -0.755. The van der Waals surface area contributed by atoms with E-state index in [0.29, 0.717) is 17.9 Å². The van der Waals surface area contributed by atoms with Gasteiger partial charge in [-0.1, -0.05) is 18.2 Å². The van der Waals surface area contributed by atoms with Crippen molar-refractivity contribution in [2.75, 3.05) is 6.61 Å². The molecular formula is C15H10O4S2. The van der Waals surface area contributed by atoms with E-state index in [4.69, 9.17) is 9.47 Å². The van der Waals surface area contributed by atoms with Gasteiger partial charge in [0.15, 0.2) is 0 Å². The molecule has 0 saturated carbocycles. The quantitative estimate of drug-likeness (QED) is 0.678. The van der Waals surface area contributed by atoms with Gasteiger partial charge >= 0.3 is 11.9 Å². The Balaban J connectivity index is 1.67. The molecule has 1 atom stereocenters. The van der Waals surface area contributed by atoms with Crippen LogP contribution in [0.25, 0.3) is 19.5 Å². The molecule has 3 heterocycles. The van der Waals surface area contributed by atoms with Crippen molar-refractivity contribution >= 4 is 54.1 Å². The highest BCUT2D eigenvalue weighted by Gasteiger charge is 2.31. The summed E-state index contributed by atoms with van der Waals surface area (Å²) < 4.78 is 13.4. The van der Waals surface area contributed by atoms with Crippen molar-refractivity contribution in [1.29, 1.82) is 0 Å². The van der Waals surface area contributed by atoms with Gasteiger partial charge in [0.1, 0.15) is 4.88 Å². The molecule has 0 amide bonds. The van der Waals surface area contributed by atoms with E-state index in [1.54, 1.807) is 11.3 Å². The lowest BCUT2D eigenvalue weighted by Gasteiger charge is -2.06. The van der Waals surface area contributed by atoms with Gasteiger partial charge in [0, 0.05) is 21.2 Å². The first-order valence-corrected chi connectivity index (χ1v) is 8.14. The van der Waals surface area contributed by atoms with Crippen LogP contribution in [0.15, 0.2) is 30.3 Å². The number of ether oxygens (including phenoxy) is 2. The molecule has 1 aliphatic heterocycles. The van der Waals surface area contributed by atoms with Crippen LogP contribution in [0.2, 0.25) is 0 Å². The maximum absolute atomic E-state index is 12.1. The van der Waals surface area contributed by atoms with Gasteiger partial charge in [-0.2, -0.15) is 0 Å². The van der Waals surface area contributed by atoms with Gasteiger partial charge in [-0.25, -0.2) is 9.59 Å². The SMILES string of the molecule is O=C(O[C@@H]1CCOC1=O)c1cc2sc3ccccc3c2s1. The number of rotatable bonds is 2. The lowest BCUT2D eigenvalue weighted by molar-refractivity contribution is -0.145. The molecule has 21 heavy (non-hydrogen) atoms. The third-order valence-electron chi connectivity index (χ3n) is 3.39. The van der Waals surface area contributed by atoms with Gasteiger partial charge in [0.05, 0.1) is 11.3 Å². The molecule has 2 aromatic heterocycles. The summed E-state index contributed by atoms with van der Waals surface area (Å²) in [4.78, 5) is 24.0. The van der Waals surface area contributed by atoms with E-state index in [1.807, 2.05) is 24.3 Å². The smallest absolute Gasteiger partial charge is 0.349 e. The van der Waals surface area contributed by atoms with Gasteiger partial charge in [-0.05, 0) is 12.1 Å². The molecule has 0 bridgehead atoms. The molecule has 0 spiro atoms. The third-order valence-corrected chi connectivity index (χ3v) is 5.78. The van der Waals surface area contributed by atoms with Gasteiger partial charge < -0.3 is 9.47 Å². The number of hydrogen-bond acceptors (Lipinski definition) is 6. The normalized spacial score (nSPS) is 18.3. The molecule has 106 valence electrons. The number of benzene rings is 1. The maximum atomic E-state index is 12.1. The van der Waals surface area contributed by atoms with E-state index < -0.39 is 18.0 Å². The van der Waals surface area contributed by atoms with Crippen LogP contribution in [-0.2, 0) is 14.3 Å². The van der Waals surface area contributed by atoms with E-state index in [1.165, 1.54) is 16.0 Å². The molecule has 1 saturated heterocycles. The zero-order valence-electron chi connectivity index (χ0n) is 10.8. The van der Waals surface area contributed by atoms with Crippen LogP contribution < -0.4 is 0 Å². The van der Waals surface area contributed by atoms with E-state index in [9.17, 15) is 9.59 Å². The molecule has 1 aliphatic rings. The molecule has 3 aromatic rings. The Kier molecular flexibility index (Phi) is 2.94. The van der Waals surface area contributed by atoms with Crippen molar-refractivity contribution in [1.82, 2.24) is 0 Å². The molecular weight excluding hydrogens is 308 g/mol. The van der Waals surface area contributed by atoms with Crippen LogP contribution in [0.5, 0.6) is 0 Å². The summed E-state index contributed by atoms with van der Waals surface area (Å²) in [6.45, 7) is 0.320. The van der Waals surface area contributed by atoms with Crippen LogP contribution in [0.1, 0.15) is 16.1 Å². The molecule has 0 N–H and O–H groups in total. The molecule has 4 rings (SSSR count). The van der Waals surface area contributed by atoms with Crippen LogP contribution in [-0.4, -0.2) is 24.6 Å². The number of esters is 2. The monoisotopic (exact) mass is 318 g/mol. The fourth-order valence-electron chi connectivity index (χ4n) is 2.37. The Morgan fingerprint density at radius 2 is 2.10 bits per heavy atom. The number of fused-ring (bicyclic) bond motifs is 3. The Morgan fingerprint density at radius 3 is 2.90 bits per heavy atom. The third kappa shape index (κ3) is 2.11. The van der Waals surface area contributed by atoms with Crippen molar-refractivity contribution < 1.29 is 19.1 Å². The second-order valence-electron chi connectivity index (χ2n) is 4.75. The largest absolute Gasteiger partial charge is 0.463 e. The Morgan fingerprint density at radius 1 is 1.24 bits per heavy atom. The van der Waals surface area contributed by atoms with E-state index >= 15 is 0 Å². The molecule has 0 aliphatic carbocycles. The Bertz CT molecular complexity index is 861. The van der Waals surface area contributed by atoms with Crippen LogP contribution in [0.4, 0.5) is 0 Å². The highest BCUT2D eigenvalue weighted by atomic mass is 32.1. The average molecular weight is 318 g/mol. The first kappa shape index (κ1) is 12.8. The predicted octanol–water partition coefficient (Wildman–Crippen LogP) is 3.59. The van der Waals surface area contributed by atoms with Crippen LogP contribution in [0, 0.1) is 0 Å². The molecule has 0 radical (unpaired) electrons. The Labute approximate surface area is 127 Å². The first-order valence-electron chi connectivity index (χ1n) is 6.51. The van der Waals surface area contributed by atoms with E-state index in [0.717, 1.165) is 14.8 Å². The van der Waals surface area contributed by atoms with Gasteiger partial charge in [-0.3, -0.25) is 0 Å². The van der Waals surface area contributed by atoms with E-state index in [-0.39, 0.29) is 0 Å². The Hall–Kier alpha value is -1.92. The number of hydrogen-bond donors (Lipinski definition) is 0. The number of carbonyl (C=O) groups excluding carboxylic acids is 2. The zero-order valence-corrected chi connectivity index (χ0v) is 12.5. The highest BCUT2D eigenvalue weighted by molar-refractivity contribution is 7.33. The lowest BCUT2D eigenvalue weighted by atomic mass is 10.2. The molecule has 1 fully saturated rings. The summed E-state index contributed by atoms with van der Waals surface area (Å²) in [5.41, 5.74) is 0. The summed E-state index contributed by atoms with van der Waals surface area (Å²) >= 11 is 3.06. The van der Waals surface area contributed by atoms with Crippen molar-refractivity contribution in [3.63, 3.8) is 0 Å². The molecule has 0 unspecified atom stereocenters. The standard InChI is InChI=1S/C15H10O4S2/c16-14-9(5-6-18-14)19-15(17)12-7-11-13(21-12)8-3-1-2-4-10(8)20-11/h1-4,7,9H,5-6H2/t9-/m1/s1. The fourth-order valence-corrected chi connectivity index (χ4v) is 4.78. The molecule has 6 heteroatoms. The topological polar surface area (TPSA) is 52.6 Å². The van der Waals surface area contributed by atoms with Gasteiger partial charge in [-0.15, -0.1) is 22.7 Å². The van der Waals surface area contributed by atoms with Crippen molar-refractivity contribution in [3.8, 4) is 0 Å². The molecule has 1 aromatic carbocycles. The molecule has 4 nitrogen and oxygen atoms in total. The number of thiophene rings is 2. The van der Waals surface area contributed by atoms with Gasteiger partial charge in [0.2, 0.25) is 6.10 Å². The second kappa shape index (κ2) is 4.82. The van der Waals surface area contributed by atoms with Crippen molar-refractivity contribution in [2.45, 2.75) is 12.5 Å². The average Bonchev–Trinajstić information content (AvgIpc) is 3.13. The maximum Gasteiger partial charge on any atom is 0.349 e. The fraction of sp³-hybridized carbons (Fsp3) is 0.200. The summed E-state index contributed by atoms with van der Waals surface area (Å²) in [5.74, 6) is -0.900. The highest BCUT2D eigenvalue weighted by Crippen LogP contribution is 2.39. The van der Waals surface area contributed by atoms with Crippen LogP contribution in [0.3, 0.4) is 0 Å². The number of cyclic esters (lactones) is 1. The van der Waals surface area contributed by atoms with Crippen LogP contribution >= 0.6 is 22.7 Å². The minimum absolute atomic E-state index is 0.320. The summed E-state index contributed by atoms with van der Waals surface area (Å²) in [6.07, 6.45) is -0.317. The first-order chi connectivity index (χ1) is 10.2. The minimum Gasteiger partial charge on any atom is -0.463 e. The van der Waals surface area contributed by atoms with Gasteiger partial charge in [0.25, 0.3) is 0 Å². The van der Waals surface area contributed by atoms with E-state index in [2.05, 4.69) is 6.07 Å². The van der Waals surface area contributed by atoms with Crippen molar-refractivity contribution in [2.24, 2.45) is 0 Å². The number of carbonyl (C=O) groups is 2. The zero-order chi connectivity index (χ0) is 14.4. The lowest BCUT2D eigenvalue weighted by Crippen LogP contribution is -2.22. The summed E-state index contributed by atoms with van der Waals surface area (Å²) in [5, 5.41) is 1.15. The summed E-state index contributed by atoms with van der Waals surface area (Å²) in [6, 6.07) is 9.95. The van der Waals surface area contributed by atoms with Crippen molar-refractivity contribution in [3.05, 3.63) is 35.2 Å². The predicted molar refractivity (Wildman–Crippen MR) is 82.0 cm³/mol. The second-order valence-corrected chi connectivity index (χ2v) is 6.89. The summed E-state index contributed by atoms with van der Waals surface area (Å²) in [7, 11) is 0.